The van der Waals surface area contributed by atoms with E-state index in [0.29, 0.717) is 0 Å². The molecule has 0 aromatic carbocycles. The molecule has 1 N–H and O–H groups in total. The maximum atomic E-state index is 5.37. The molecule has 2 aromatic rings. The molecule has 0 unspecified atom stereocenters. The Bertz CT molecular complexity index is 561. The van der Waals surface area contributed by atoms with Crippen molar-refractivity contribution in [2.45, 2.75) is 46.1 Å². The van der Waals surface area contributed by atoms with Crippen LogP contribution in [0.5, 0.6) is 0 Å². The van der Waals surface area contributed by atoms with Gasteiger partial charge in [0.25, 0.3) is 0 Å². The van der Waals surface area contributed by atoms with E-state index in [1.54, 1.807) is 0 Å². The van der Waals surface area contributed by atoms with Crippen molar-refractivity contribution in [3.63, 3.8) is 0 Å². The molecule has 2 aromatic heterocycles. The van der Waals surface area contributed by atoms with Crippen LogP contribution in [0.3, 0.4) is 0 Å². The van der Waals surface area contributed by atoms with Crippen LogP contribution >= 0.6 is 12.2 Å². The molecule has 0 spiro atoms. The van der Waals surface area contributed by atoms with Gasteiger partial charge in [0.05, 0.1) is 5.69 Å². The molecular formula is C12H20N4S. The van der Waals surface area contributed by atoms with Crippen LogP contribution in [0.15, 0.2) is 0 Å². The van der Waals surface area contributed by atoms with E-state index in [4.69, 9.17) is 12.2 Å². The maximum absolute atomic E-state index is 5.37. The molecule has 0 saturated heterocycles. The standard InChI is InChI=1S/C12H20N4S/c1-4-5-6-7-8-16-11-10(13-12(16)17)9(2)14-15(11)3/h4-8H2,1-3H3,(H,13,17). The summed E-state index contributed by atoms with van der Waals surface area (Å²) >= 11 is 5.37. The van der Waals surface area contributed by atoms with Crippen LogP contribution in [0.1, 0.15) is 38.3 Å². The largest absolute Gasteiger partial charge is 0.328 e. The number of aromatic nitrogens is 4. The first-order valence-electron chi connectivity index (χ1n) is 6.27. The number of nitrogens with one attached hydrogen (secondary N) is 1. The van der Waals surface area contributed by atoms with Gasteiger partial charge in [-0.1, -0.05) is 26.2 Å². The highest BCUT2D eigenvalue weighted by molar-refractivity contribution is 7.71. The third-order valence-electron chi connectivity index (χ3n) is 3.16. The fourth-order valence-corrected chi connectivity index (χ4v) is 2.56. The summed E-state index contributed by atoms with van der Waals surface area (Å²) in [7, 11) is 1.97. The summed E-state index contributed by atoms with van der Waals surface area (Å²) in [6.07, 6.45) is 5.01. The Morgan fingerprint density at radius 3 is 2.76 bits per heavy atom. The van der Waals surface area contributed by atoms with Crippen molar-refractivity contribution in [2.75, 3.05) is 0 Å². The first kappa shape index (κ1) is 12.4. The Hall–Kier alpha value is -1.10. The van der Waals surface area contributed by atoms with Gasteiger partial charge in [-0.25, -0.2) is 0 Å². The fraction of sp³-hybridized carbons (Fsp3) is 0.667. The Morgan fingerprint density at radius 1 is 1.29 bits per heavy atom. The first-order chi connectivity index (χ1) is 8.15. The Labute approximate surface area is 107 Å². The van der Waals surface area contributed by atoms with Gasteiger partial charge >= 0.3 is 0 Å². The second-order valence-electron chi connectivity index (χ2n) is 4.55. The Kier molecular flexibility index (Phi) is 3.66. The van der Waals surface area contributed by atoms with Gasteiger partial charge in [0.1, 0.15) is 5.52 Å². The number of aryl methyl sites for hydroxylation is 3. The maximum Gasteiger partial charge on any atom is 0.179 e. The molecule has 0 radical (unpaired) electrons. The summed E-state index contributed by atoms with van der Waals surface area (Å²) < 4.78 is 4.89. The average molecular weight is 252 g/mol. The summed E-state index contributed by atoms with van der Waals surface area (Å²) in [5.74, 6) is 0. The van der Waals surface area contributed by atoms with Gasteiger partial charge in [0, 0.05) is 13.6 Å². The van der Waals surface area contributed by atoms with Crippen LogP contribution in [0, 0.1) is 11.7 Å². The molecule has 2 rings (SSSR count). The zero-order valence-electron chi connectivity index (χ0n) is 10.8. The summed E-state index contributed by atoms with van der Waals surface area (Å²) in [5, 5.41) is 4.41. The van der Waals surface area contributed by atoms with Gasteiger partial charge < -0.3 is 9.55 Å². The smallest absolute Gasteiger partial charge is 0.179 e. The van der Waals surface area contributed by atoms with E-state index in [0.717, 1.165) is 28.2 Å². The van der Waals surface area contributed by atoms with Crippen molar-refractivity contribution in [1.29, 1.82) is 0 Å². The van der Waals surface area contributed by atoms with Crippen LogP contribution in [-0.2, 0) is 13.6 Å². The second kappa shape index (κ2) is 5.04. The van der Waals surface area contributed by atoms with Gasteiger partial charge in [0.2, 0.25) is 0 Å². The van der Waals surface area contributed by atoms with Crippen molar-refractivity contribution < 1.29 is 0 Å². The highest BCUT2D eigenvalue weighted by atomic mass is 32.1. The molecule has 0 fully saturated rings. The quantitative estimate of drug-likeness (QED) is 0.655. The molecular weight excluding hydrogens is 232 g/mol. The van der Waals surface area contributed by atoms with Crippen LogP contribution < -0.4 is 0 Å². The van der Waals surface area contributed by atoms with Crippen molar-refractivity contribution in [3.05, 3.63) is 10.5 Å². The number of unbranched alkanes of at least 4 members (excludes halogenated alkanes) is 3. The number of H-pyrrole nitrogens is 1. The van der Waals surface area contributed by atoms with E-state index < -0.39 is 0 Å². The molecule has 0 aliphatic heterocycles. The Balaban J connectivity index is 2.26. The average Bonchev–Trinajstić information content (AvgIpc) is 2.74. The van der Waals surface area contributed by atoms with Crippen molar-refractivity contribution in [2.24, 2.45) is 7.05 Å². The van der Waals surface area contributed by atoms with Gasteiger partial charge in [-0.2, -0.15) is 5.10 Å². The molecule has 2 heterocycles. The van der Waals surface area contributed by atoms with E-state index >= 15 is 0 Å². The first-order valence-corrected chi connectivity index (χ1v) is 6.68. The minimum atomic E-state index is 0.813. The monoisotopic (exact) mass is 252 g/mol. The van der Waals surface area contributed by atoms with E-state index in [2.05, 4.69) is 21.6 Å². The summed E-state index contributed by atoms with van der Waals surface area (Å²) in [6.45, 7) is 5.22. The SMILES string of the molecule is CCCCCCn1c(=S)[nH]c2c(C)nn(C)c21. The molecule has 4 nitrogen and oxygen atoms in total. The van der Waals surface area contributed by atoms with Gasteiger partial charge in [-0.15, -0.1) is 0 Å². The zero-order valence-corrected chi connectivity index (χ0v) is 11.6. The highest BCUT2D eigenvalue weighted by Crippen LogP contribution is 2.17. The molecule has 0 saturated carbocycles. The fourth-order valence-electron chi connectivity index (χ4n) is 2.28. The molecule has 94 valence electrons. The number of rotatable bonds is 5. The third-order valence-corrected chi connectivity index (χ3v) is 3.48. The molecule has 0 aliphatic carbocycles. The number of nitrogens with zero attached hydrogens (tertiary/aromatic N) is 3. The summed E-state index contributed by atoms with van der Waals surface area (Å²) in [4.78, 5) is 3.25. The van der Waals surface area contributed by atoms with Gasteiger partial charge in [-0.05, 0) is 25.6 Å². The van der Waals surface area contributed by atoms with Crippen molar-refractivity contribution in [1.82, 2.24) is 19.3 Å². The summed E-state index contributed by atoms with van der Waals surface area (Å²) in [5.41, 5.74) is 3.21. The lowest BCUT2D eigenvalue weighted by Crippen LogP contribution is -2.03. The Morgan fingerprint density at radius 2 is 2.06 bits per heavy atom. The second-order valence-corrected chi connectivity index (χ2v) is 4.94. The van der Waals surface area contributed by atoms with Crippen molar-refractivity contribution in [3.8, 4) is 0 Å². The predicted molar refractivity (Wildman–Crippen MR) is 72.8 cm³/mol. The van der Waals surface area contributed by atoms with Crippen LogP contribution in [-0.4, -0.2) is 19.3 Å². The van der Waals surface area contributed by atoms with E-state index in [9.17, 15) is 0 Å². The third kappa shape index (κ3) is 2.29. The van der Waals surface area contributed by atoms with E-state index in [1.165, 1.54) is 25.7 Å². The molecule has 5 heteroatoms. The summed E-state index contributed by atoms with van der Waals surface area (Å²) in [6, 6.07) is 0. The predicted octanol–water partition coefficient (Wildman–Crippen LogP) is 3.32. The van der Waals surface area contributed by atoms with Crippen molar-refractivity contribution >= 4 is 23.4 Å². The number of aromatic amines is 1. The van der Waals surface area contributed by atoms with Gasteiger partial charge in [0.15, 0.2) is 10.4 Å². The molecule has 0 atom stereocenters. The van der Waals surface area contributed by atoms with E-state index in [-0.39, 0.29) is 0 Å². The lowest BCUT2D eigenvalue weighted by molar-refractivity contribution is 0.576. The molecule has 17 heavy (non-hydrogen) atoms. The zero-order chi connectivity index (χ0) is 12.4. The van der Waals surface area contributed by atoms with E-state index in [1.807, 2.05) is 18.7 Å². The van der Waals surface area contributed by atoms with Crippen LogP contribution in [0.25, 0.3) is 11.2 Å². The van der Waals surface area contributed by atoms with Crippen LogP contribution in [0.4, 0.5) is 0 Å². The number of hydrogen-bond acceptors (Lipinski definition) is 2. The topological polar surface area (TPSA) is 38.5 Å². The van der Waals surface area contributed by atoms with Crippen LogP contribution in [0.2, 0.25) is 0 Å². The number of fused-ring (bicyclic) bond motifs is 1. The lowest BCUT2D eigenvalue weighted by atomic mass is 10.2. The molecule has 0 amide bonds. The normalized spacial score (nSPS) is 11.5. The minimum absolute atomic E-state index is 0.813. The molecule has 0 bridgehead atoms. The van der Waals surface area contributed by atoms with Gasteiger partial charge in [-0.3, -0.25) is 4.68 Å². The lowest BCUT2D eigenvalue weighted by Gasteiger charge is -2.04. The minimum Gasteiger partial charge on any atom is -0.328 e. The number of hydrogen-bond donors (Lipinski definition) is 1. The number of imidazole rings is 1. The highest BCUT2D eigenvalue weighted by Gasteiger charge is 2.11. The molecule has 0 aliphatic rings.